The van der Waals surface area contributed by atoms with Crippen LogP contribution in [0.15, 0.2) is 12.2 Å². The highest BCUT2D eigenvalue weighted by molar-refractivity contribution is 5.78. The number of carbonyl (C=O) groups is 1. The molecule has 0 aliphatic heterocycles. The van der Waals surface area contributed by atoms with Gasteiger partial charge >= 0.3 is 5.97 Å². The third-order valence-electron chi connectivity index (χ3n) is 2.25. The average Bonchev–Trinajstić information content (AvgIpc) is 2.34. The minimum Gasteiger partial charge on any atom is -0.465 e. The first-order chi connectivity index (χ1) is 5.61. The van der Waals surface area contributed by atoms with Gasteiger partial charge in [-0.15, -0.1) is 0 Å². The predicted octanol–water partition coefficient (Wildman–Crippen LogP) is 0.877. The summed E-state index contributed by atoms with van der Waals surface area (Å²) in [5, 5.41) is 9.46. The molecule has 1 N–H and O–H groups in total. The largest absolute Gasteiger partial charge is 0.465 e. The summed E-state index contributed by atoms with van der Waals surface area (Å²) >= 11 is 0. The van der Waals surface area contributed by atoms with Crippen molar-refractivity contribution in [3.8, 4) is 0 Å². The maximum atomic E-state index is 11.4. The van der Waals surface area contributed by atoms with Gasteiger partial charge in [0, 0.05) is 0 Å². The fourth-order valence-electron chi connectivity index (χ4n) is 1.27. The number of hydrogen-bond donors (Lipinski definition) is 1. The summed E-state index contributed by atoms with van der Waals surface area (Å²) in [6.07, 6.45) is 3.31. The normalized spacial score (nSPS) is 33.8. The summed E-state index contributed by atoms with van der Waals surface area (Å²) in [4.78, 5) is 11.4. The van der Waals surface area contributed by atoms with Crippen LogP contribution in [0.4, 0.5) is 0 Å². The highest BCUT2D eigenvalue weighted by Crippen LogP contribution is 2.34. The number of carbonyl (C=O) groups excluding carboxylic acids is 1. The fraction of sp³-hybridized carbons (Fsp3) is 0.667. The number of aliphatic hydroxyl groups is 1. The highest BCUT2D eigenvalue weighted by atomic mass is 16.5. The monoisotopic (exact) mass is 170 g/mol. The molecule has 2 unspecified atom stereocenters. The Balaban J connectivity index is 2.66. The molecule has 0 saturated carbocycles. The van der Waals surface area contributed by atoms with E-state index in [1.165, 1.54) is 0 Å². The molecule has 0 saturated heterocycles. The van der Waals surface area contributed by atoms with E-state index in [4.69, 9.17) is 4.74 Å². The predicted molar refractivity (Wildman–Crippen MR) is 44.5 cm³/mol. The molecular weight excluding hydrogens is 156 g/mol. The van der Waals surface area contributed by atoms with Gasteiger partial charge in [0.15, 0.2) is 0 Å². The quantitative estimate of drug-likeness (QED) is 0.494. The summed E-state index contributed by atoms with van der Waals surface area (Å²) < 4.78 is 4.86. The number of rotatable bonds is 2. The van der Waals surface area contributed by atoms with Crippen molar-refractivity contribution in [3.63, 3.8) is 0 Å². The molecule has 0 aromatic carbocycles. The molecule has 0 bridgehead atoms. The van der Waals surface area contributed by atoms with E-state index < -0.39 is 11.5 Å². The topological polar surface area (TPSA) is 46.5 Å². The van der Waals surface area contributed by atoms with Crippen LogP contribution in [0.3, 0.4) is 0 Å². The molecule has 1 aliphatic rings. The zero-order valence-corrected chi connectivity index (χ0v) is 7.41. The molecule has 0 radical (unpaired) electrons. The van der Waals surface area contributed by atoms with Gasteiger partial charge in [0.1, 0.15) is 0 Å². The van der Waals surface area contributed by atoms with Crippen LogP contribution in [0, 0.1) is 5.41 Å². The van der Waals surface area contributed by atoms with Crippen molar-refractivity contribution < 1.29 is 14.6 Å². The first-order valence-corrected chi connectivity index (χ1v) is 4.13. The van der Waals surface area contributed by atoms with Gasteiger partial charge in [0.25, 0.3) is 0 Å². The molecule has 0 aromatic heterocycles. The summed E-state index contributed by atoms with van der Waals surface area (Å²) in [6.45, 7) is 3.84. The average molecular weight is 170 g/mol. The van der Waals surface area contributed by atoms with Crippen molar-refractivity contribution in [2.75, 3.05) is 6.61 Å². The maximum absolute atomic E-state index is 11.4. The van der Waals surface area contributed by atoms with E-state index in [0.29, 0.717) is 13.0 Å². The zero-order chi connectivity index (χ0) is 9.19. The van der Waals surface area contributed by atoms with E-state index in [2.05, 4.69) is 0 Å². The lowest BCUT2D eigenvalue weighted by atomic mass is 9.86. The molecule has 2 atom stereocenters. The van der Waals surface area contributed by atoms with E-state index in [1.807, 2.05) is 6.08 Å². The van der Waals surface area contributed by atoms with Gasteiger partial charge in [-0.2, -0.15) is 0 Å². The molecule has 1 aliphatic carbocycles. The van der Waals surface area contributed by atoms with Crippen LogP contribution in [0.25, 0.3) is 0 Å². The van der Waals surface area contributed by atoms with Crippen LogP contribution in [-0.2, 0) is 9.53 Å². The standard InChI is InChI=1S/C9H14O3/c1-3-12-8(11)9(2)6-4-5-7(9)10/h4-5,7,10H,3,6H2,1-2H3. The molecule has 3 nitrogen and oxygen atoms in total. The summed E-state index contributed by atoms with van der Waals surface area (Å²) in [5.41, 5.74) is -0.754. The summed E-state index contributed by atoms with van der Waals surface area (Å²) in [5.74, 6) is -0.317. The lowest BCUT2D eigenvalue weighted by Gasteiger charge is -2.24. The second kappa shape index (κ2) is 3.27. The van der Waals surface area contributed by atoms with E-state index in [-0.39, 0.29) is 5.97 Å². The molecule has 68 valence electrons. The number of hydrogen-bond acceptors (Lipinski definition) is 3. The van der Waals surface area contributed by atoms with Crippen molar-refractivity contribution in [1.82, 2.24) is 0 Å². The maximum Gasteiger partial charge on any atom is 0.315 e. The smallest absolute Gasteiger partial charge is 0.315 e. The fourth-order valence-corrected chi connectivity index (χ4v) is 1.27. The van der Waals surface area contributed by atoms with Crippen LogP contribution >= 0.6 is 0 Å². The Morgan fingerprint density at radius 1 is 1.83 bits per heavy atom. The van der Waals surface area contributed by atoms with Crippen LogP contribution in [0.2, 0.25) is 0 Å². The molecule has 0 amide bonds. The number of allylic oxidation sites excluding steroid dienone is 1. The van der Waals surface area contributed by atoms with Gasteiger partial charge < -0.3 is 9.84 Å². The van der Waals surface area contributed by atoms with Crippen LogP contribution in [0.1, 0.15) is 20.3 Å². The Morgan fingerprint density at radius 3 is 2.92 bits per heavy atom. The van der Waals surface area contributed by atoms with Crippen molar-refractivity contribution in [2.45, 2.75) is 26.4 Å². The van der Waals surface area contributed by atoms with Gasteiger partial charge in [-0.05, 0) is 20.3 Å². The Kier molecular flexibility index (Phi) is 2.52. The van der Waals surface area contributed by atoms with E-state index in [0.717, 1.165) is 0 Å². The summed E-state index contributed by atoms with van der Waals surface area (Å²) in [7, 11) is 0. The second-order valence-electron chi connectivity index (χ2n) is 3.22. The number of ether oxygens (including phenoxy) is 1. The Bertz CT molecular complexity index is 210. The summed E-state index contributed by atoms with van der Waals surface area (Å²) in [6, 6.07) is 0. The van der Waals surface area contributed by atoms with Crippen LogP contribution in [0.5, 0.6) is 0 Å². The lowest BCUT2D eigenvalue weighted by Crippen LogP contribution is -2.37. The van der Waals surface area contributed by atoms with Crippen molar-refractivity contribution in [2.24, 2.45) is 5.41 Å². The van der Waals surface area contributed by atoms with Gasteiger partial charge in [-0.3, -0.25) is 4.79 Å². The van der Waals surface area contributed by atoms with Gasteiger partial charge in [-0.25, -0.2) is 0 Å². The molecule has 12 heavy (non-hydrogen) atoms. The SMILES string of the molecule is CCOC(=O)C1(C)CC=CC1O. The number of esters is 1. The zero-order valence-electron chi connectivity index (χ0n) is 7.41. The van der Waals surface area contributed by atoms with Gasteiger partial charge in [-0.1, -0.05) is 12.2 Å². The molecule has 1 rings (SSSR count). The third-order valence-corrected chi connectivity index (χ3v) is 2.25. The van der Waals surface area contributed by atoms with E-state index in [1.54, 1.807) is 19.9 Å². The Hall–Kier alpha value is -0.830. The molecule has 0 aromatic rings. The first kappa shape index (κ1) is 9.26. The van der Waals surface area contributed by atoms with E-state index in [9.17, 15) is 9.90 Å². The van der Waals surface area contributed by atoms with Crippen molar-refractivity contribution in [3.05, 3.63) is 12.2 Å². The molecule has 0 fully saturated rings. The highest BCUT2D eigenvalue weighted by Gasteiger charge is 2.42. The van der Waals surface area contributed by atoms with Crippen LogP contribution in [-0.4, -0.2) is 23.8 Å². The molecule has 3 heteroatoms. The molecule has 0 heterocycles. The number of aliphatic hydroxyl groups excluding tert-OH is 1. The van der Waals surface area contributed by atoms with Crippen molar-refractivity contribution >= 4 is 5.97 Å². The molecule has 0 spiro atoms. The second-order valence-corrected chi connectivity index (χ2v) is 3.22. The van der Waals surface area contributed by atoms with Gasteiger partial charge in [0.2, 0.25) is 0 Å². The minimum absolute atomic E-state index is 0.317. The Morgan fingerprint density at radius 2 is 2.50 bits per heavy atom. The van der Waals surface area contributed by atoms with Gasteiger partial charge in [0.05, 0.1) is 18.1 Å². The first-order valence-electron chi connectivity index (χ1n) is 4.13. The lowest BCUT2D eigenvalue weighted by molar-refractivity contribution is -0.158. The Labute approximate surface area is 72.0 Å². The van der Waals surface area contributed by atoms with Crippen LogP contribution < -0.4 is 0 Å². The minimum atomic E-state index is -0.754. The molecular formula is C9H14O3. The van der Waals surface area contributed by atoms with Crippen molar-refractivity contribution in [1.29, 1.82) is 0 Å². The third kappa shape index (κ3) is 1.37. The van der Waals surface area contributed by atoms with E-state index >= 15 is 0 Å².